The molecule has 0 aliphatic rings. The number of benzene rings is 4. The number of fused-ring (bicyclic) bond motifs is 1. The summed E-state index contributed by atoms with van der Waals surface area (Å²) in [6.07, 6.45) is 3.15. The van der Waals surface area contributed by atoms with Gasteiger partial charge in [0.1, 0.15) is 46.7 Å². The molecule has 0 saturated heterocycles. The normalized spacial score (nSPS) is 11.7. The zero-order chi connectivity index (χ0) is 40.8. The molecule has 4 aromatic carbocycles. The number of carbonyl (C=O) groups excluding carboxylic acids is 1. The van der Waals surface area contributed by atoms with Crippen molar-refractivity contribution in [3.8, 4) is 29.1 Å². The van der Waals surface area contributed by atoms with Gasteiger partial charge in [0.25, 0.3) is 0 Å². The van der Waals surface area contributed by atoms with Crippen LogP contribution in [0, 0.1) is 11.3 Å². The van der Waals surface area contributed by atoms with E-state index in [1.165, 1.54) is 13.4 Å². The van der Waals surface area contributed by atoms with Crippen molar-refractivity contribution in [3.63, 3.8) is 0 Å². The number of hydrogen-bond donors (Lipinski definition) is 4. The van der Waals surface area contributed by atoms with E-state index >= 15 is 0 Å². The van der Waals surface area contributed by atoms with E-state index < -0.39 is 17.0 Å². The molecule has 0 bridgehead atoms. The van der Waals surface area contributed by atoms with Gasteiger partial charge in [0.2, 0.25) is 0 Å². The molecule has 1 unspecified atom stereocenters. The van der Waals surface area contributed by atoms with Gasteiger partial charge < -0.3 is 49.1 Å². The lowest BCUT2D eigenvalue weighted by molar-refractivity contribution is 0.0179. The molecular formula is C42H48N6O8S. The van der Waals surface area contributed by atoms with Gasteiger partial charge in [0, 0.05) is 42.1 Å². The van der Waals surface area contributed by atoms with Gasteiger partial charge in [-0.1, -0.05) is 45.0 Å². The van der Waals surface area contributed by atoms with Crippen LogP contribution in [0.1, 0.15) is 31.9 Å². The Bertz CT molecular complexity index is 2220. The fourth-order valence-corrected chi connectivity index (χ4v) is 6.13. The molecule has 0 saturated carbocycles. The van der Waals surface area contributed by atoms with Crippen LogP contribution >= 0.6 is 0 Å². The maximum atomic E-state index is 13.5. The molecule has 1 aromatic heterocycles. The first kappa shape index (κ1) is 42.2. The van der Waals surface area contributed by atoms with Crippen LogP contribution in [0.2, 0.25) is 0 Å². The van der Waals surface area contributed by atoms with Gasteiger partial charge in [-0.2, -0.15) is 5.26 Å². The molecule has 4 N–H and O–H groups in total. The van der Waals surface area contributed by atoms with Crippen molar-refractivity contribution in [2.45, 2.75) is 26.2 Å². The Morgan fingerprint density at radius 2 is 1.49 bits per heavy atom. The zero-order valence-corrected chi connectivity index (χ0v) is 33.7. The molecule has 14 nitrogen and oxygen atoms in total. The van der Waals surface area contributed by atoms with E-state index in [1.54, 1.807) is 55.8 Å². The molecular weight excluding hydrogens is 749 g/mol. The molecule has 1 heterocycles. The second-order valence-corrected chi connectivity index (χ2v) is 14.8. The summed E-state index contributed by atoms with van der Waals surface area (Å²) in [6.45, 7) is 8.73. The third-order valence-corrected chi connectivity index (χ3v) is 8.92. The highest BCUT2D eigenvalue weighted by Gasteiger charge is 2.22. The lowest BCUT2D eigenvalue weighted by atomic mass is 9.86. The number of rotatable bonds is 19. The summed E-state index contributed by atoms with van der Waals surface area (Å²) in [5, 5.41) is 20.4. The van der Waals surface area contributed by atoms with E-state index in [9.17, 15) is 14.3 Å². The first-order chi connectivity index (χ1) is 27.5. The maximum Gasteiger partial charge on any atom is 0.323 e. The molecule has 5 rings (SSSR count). The van der Waals surface area contributed by atoms with Crippen molar-refractivity contribution in [3.05, 3.63) is 96.2 Å². The minimum atomic E-state index is -1.37. The first-order valence-corrected chi connectivity index (χ1v) is 19.7. The van der Waals surface area contributed by atoms with Crippen LogP contribution in [0.15, 0.2) is 85.1 Å². The topological polar surface area (TPSA) is 174 Å². The predicted molar refractivity (Wildman–Crippen MR) is 224 cm³/mol. The van der Waals surface area contributed by atoms with E-state index in [0.717, 1.165) is 16.3 Å². The fraction of sp³-hybridized carbons (Fsp3) is 0.310. The van der Waals surface area contributed by atoms with Gasteiger partial charge in [0.05, 0.1) is 62.8 Å². The number of amides is 2. The quantitative estimate of drug-likeness (QED) is 0.0592. The Morgan fingerprint density at radius 3 is 2.19 bits per heavy atom. The average molecular weight is 797 g/mol. The molecule has 0 spiro atoms. The van der Waals surface area contributed by atoms with Crippen molar-refractivity contribution in [1.29, 1.82) is 5.26 Å². The summed E-state index contributed by atoms with van der Waals surface area (Å²) in [7, 11) is 1.75. The molecule has 300 valence electrons. The number of anilines is 5. The first-order valence-electron chi connectivity index (χ1n) is 18.1. The lowest BCUT2D eigenvalue weighted by Gasteiger charge is -2.24. The highest BCUT2D eigenvalue weighted by molar-refractivity contribution is 7.85. The molecule has 5 aromatic rings. The third kappa shape index (κ3) is 12.0. The number of pyridine rings is 1. The molecule has 2 amide bonds. The van der Waals surface area contributed by atoms with E-state index in [2.05, 4.69) is 52.5 Å². The summed E-state index contributed by atoms with van der Waals surface area (Å²) in [6, 6.07) is 25.2. The Balaban J connectivity index is 1.25. The number of aromatic nitrogens is 1. The van der Waals surface area contributed by atoms with E-state index in [1.807, 2.05) is 36.4 Å². The van der Waals surface area contributed by atoms with Gasteiger partial charge >= 0.3 is 6.03 Å². The van der Waals surface area contributed by atoms with Gasteiger partial charge in [0.15, 0.2) is 5.75 Å². The lowest BCUT2D eigenvalue weighted by Crippen LogP contribution is -2.21. The van der Waals surface area contributed by atoms with E-state index in [4.69, 9.17) is 28.4 Å². The average Bonchev–Trinajstić information content (AvgIpc) is 3.18. The Hall–Kier alpha value is -5.92. The summed E-state index contributed by atoms with van der Waals surface area (Å²) >= 11 is 0. The summed E-state index contributed by atoms with van der Waals surface area (Å²) in [5.74, 6) is 2.39. The van der Waals surface area contributed by atoms with Gasteiger partial charge in [-0.05, 0) is 59.5 Å². The van der Waals surface area contributed by atoms with Crippen LogP contribution < -0.4 is 34.9 Å². The Labute approximate surface area is 335 Å². The van der Waals surface area contributed by atoms with Crippen LogP contribution in [0.5, 0.6) is 23.0 Å². The number of nitriles is 1. The zero-order valence-electron chi connectivity index (χ0n) is 32.9. The minimum Gasteiger partial charge on any atom is -0.492 e. The number of nitrogens with one attached hydrogen (secondary N) is 4. The Morgan fingerprint density at radius 1 is 0.807 bits per heavy atom. The van der Waals surface area contributed by atoms with Crippen molar-refractivity contribution < 1.29 is 37.4 Å². The number of urea groups is 1. The maximum absolute atomic E-state index is 13.5. The monoisotopic (exact) mass is 796 g/mol. The summed E-state index contributed by atoms with van der Waals surface area (Å²) < 4.78 is 48.6. The highest BCUT2D eigenvalue weighted by atomic mass is 32.2. The van der Waals surface area contributed by atoms with Crippen LogP contribution in [-0.4, -0.2) is 75.3 Å². The van der Waals surface area contributed by atoms with Crippen LogP contribution in [0.4, 0.5) is 33.4 Å². The van der Waals surface area contributed by atoms with Crippen molar-refractivity contribution in [2.24, 2.45) is 0 Å². The van der Waals surface area contributed by atoms with Crippen molar-refractivity contribution in [1.82, 2.24) is 4.98 Å². The van der Waals surface area contributed by atoms with E-state index in [-0.39, 0.29) is 12.0 Å². The van der Waals surface area contributed by atoms with Gasteiger partial charge in [-0.3, -0.25) is 0 Å². The van der Waals surface area contributed by atoms with Crippen LogP contribution in [-0.2, 0) is 30.6 Å². The summed E-state index contributed by atoms with van der Waals surface area (Å²) in [5.41, 5.74) is 3.14. The molecule has 15 heteroatoms. The number of methoxy groups -OCH3 is 2. The molecule has 0 aliphatic carbocycles. The molecule has 0 fully saturated rings. The predicted octanol–water partition coefficient (Wildman–Crippen LogP) is 8.36. The molecule has 0 radical (unpaired) electrons. The number of nitrogens with zero attached hydrogens (tertiary/aromatic N) is 2. The second kappa shape index (κ2) is 20.3. The smallest absolute Gasteiger partial charge is 0.323 e. The Kier molecular flexibility index (Phi) is 15.0. The SMILES string of the molecule is COCCOCCOCCOc1ccc(Nc2cc(Oc3ccc(NC(=O)Nc4cc(C(C)(C)C)cc(NS(C)=O)c4OC)c4ccccc34)ccn2)cc1C#N. The molecule has 0 aliphatic heterocycles. The summed E-state index contributed by atoms with van der Waals surface area (Å²) in [4.78, 5) is 17.9. The second-order valence-electron chi connectivity index (χ2n) is 13.6. The number of ether oxygens (including phenoxy) is 6. The molecule has 57 heavy (non-hydrogen) atoms. The van der Waals surface area contributed by atoms with E-state index in [0.29, 0.717) is 90.2 Å². The van der Waals surface area contributed by atoms with Crippen molar-refractivity contribution >= 4 is 56.4 Å². The van der Waals surface area contributed by atoms with Crippen molar-refractivity contribution in [2.75, 3.05) is 80.8 Å². The highest BCUT2D eigenvalue weighted by Crippen LogP contribution is 2.40. The number of carbonyl (C=O) groups is 1. The largest absolute Gasteiger partial charge is 0.492 e. The minimum absolute atomic E-state index is 0.262. The third-order valence-electron chi connectivity index (χ3n) is 8.41. The molecule has 1 atom stereocenters. The number of hydrogen-bond acceptors (Lipinski definition) is 11. The fourth-order valence-electron chi connectivity index (χ4n) is 5.66. The van der Waals surface area contributed by atoms with Crippen LogP contribution in [0.25, 0.3) is 10.8 Å². The van der Waals surface area contributed by atoms with Crippen LogP contribution in [0.3, 0.4) is 0 Å². The van der Waals surface area contributed by atoms with Gasteiger partial charge in [-0.25, -0.2) is 14.0 Å². The standard InChI is InChI=1S/C42H48N6O8S/c1-42(2,3)29-24-35(40(52-5)36(25-29)48-57(6)50)47-41(49)46-34-12-14-38(33-10-8-7-9-32(33)34)56-31-15-16-44-39(26-31)45-30-11-13-37(28(23-30)27-43)55-22-21-54-20-19-53-18-17-51-4/h7-16,23-26,48H,17-22H2,1-6H3,(H,44,45)(H2,46,47,49). The van der Waals surface area contributed by atoms with Gasteiger partial charge in [-0.15, -0.1) is 0 Å².